The molecule has 0 bridgehead atoms. The standard InChI is InChI=1S/4C11H12O2.Eu/c4*1-8(12)11(9(2)13)10-6-4-3-5-7-10;/h4*3-7,12H,1-2H3;/q;;;;+3/p+4/b4*11-8+;. The third-order valence-electron chi connectivity index (χ3n) is 7.14. The van der Waals surface area contributed by atoms with E-state index in [1.54, 1.807) is 55.4 Å². The van der Waals surface area contributed by atoms with Gasteiger partial charge in [0.1, 0.15) is 45.3 Å². The van der Waals surface area contributed by atoms with Crippen LogP contribution in [-0.4, -0.2) is 62.7 Å². The van der Waals surface area contributed by atoms with Crippen LogP contribution in [0.4, 0.5) is 0 Å². The van der Waals surface area contributed by atoms with Crippen molar-refractivity contribution in [3.05, 3.63) is 167 Å². The molecule has 0 spiro atoms. The molecule has 0 aliphatic carbocycles. The van der Waals surface area contributed by atoms with Gasteiger partial charge in [0.25, 0.3) is 0 Å². The van der Waals surface area contributed by atoms with Crippen LogP contribution in [0.25, 0.3) is 22.3 Å². The average molecular weight is 861 g/mol. The van der Waals surface area contributed by atoms with E-state index in [4.69, 9.17) is 0 Å². The van der Waals surface area contributed by atoms with Crippen molar-refractivity contribution in [1.82, 2.24) is 0 Å². The molecule has 4 aromatic rings. The number of aliphatic hydroxyl groups is 4. The number of benzene rings is 4. The topological polar surface area (TPSA) is 167 Å². The summed E-state index contributed by atoms with van der Waals surface area (Å²) in [6.45, 7) is 12.5. The summed E-state index contributed by atoms with van der Waals surface area (Å²) >= 11 is 0. The van der Waals surface area contributed by atoms with Gasteiger partial charge < -0.3 is 20.4 Å². The minimum absolute atomic E-state index is 0. The molecule has 0 heterocycles. The Bertz CT molecular complexity index is 1620. The third kappa shape index (κ3) is 17.1. The number of hydrogen-bond acceptors (Lipinski definition) is 4. The molecule has 0 aliphatic heterocycles. The van der Waals surface area contributed by atoms with Gasteiger partial charge in [0.15, 0.2) is 0 Å². The fraction of sp³-hybridized carbons (Fsp3) is 0.182. The number of ketones is 4. The predicted octanol–water partition coefficient (Wildman–Crippen LogP) is 10.2. The Labute approximate surface area is 353 Å². The van der Waals surface area contributed by atoms with Crippen LogP contribution in [0.2, 0.25) is 0 Å². The van der Waals surface area contributed by atoms with Gasteiger partial charge in [-0.3, -0.25) is 19.2 Å². The van der Waals surface area contributed by atoms with Crippen LogP contribution in [0.1, 0.15) is 77.6 Å². The van der Waals surface area contributed by atoms with Crippen LogP contribution in [-0.2, 0) is 0 Å². The van der Waals surface area contributed by atoms with Crippen LogP contribution < -0.4 is 0 Å². The average Bonchev–Trinajstić information content (AvgIpc) is 3.06. The monoisotopic (exact) mass is 861 g/mol. The second-order valence-corrected chi connectivity index (χ2v) is 11.6. The summed E-state index contributed by atoms with van der Waals surface area (Å²) in [7, 11) is 0. The number of carbonyl (C=O) groups excluding carboxylic acids is 4. The van der Waals surface area contributed by atoms with Gasteiger partial charge in [-0.15, -0.1) is 0 Å². The zero-order valence-electron chi connectivity index (χ0n) is 31.5. The van der Waals surface area contributed by atoms with Gasteiger partial charge in [-0.2, -0.15) is 0 Å². The second kappa shape index (κ2) is 25.3. The Hall–Kier alpha value is -4.70. The van der Waals surface area contributed by atoms with Gasteiger partial charge in [0.05, 0.1) is 27.7 Å². The summed E-state index contributed by atoms with van der Waals surface area (Å²) in [5.41, 5.74) is 5.29. The Morgan fingerprint density at radius 3 is 0.528 bits per heavy atom. The zero-order valence-corrected chi connectivity index (χ0v) is 33.9. The molecule has 53 heavy (non-hydrogen) atoms. The summed E-state index contributed by atoms with van der Waals surface area (Å²) in [6.07, 6.45) is 0. The van der Waals surface area contributed by atoms with Gasteiger partial charge >= 0.3 is 72.5 Å². The van der Waals surface area contributed by atoms with Gasteiger partial charge in [0, 0.05) is 0 Å². The van der Waals surface area contributed by atoms with E-state index >= 15 is 0 Å². The molecule has 8 nitrogen and oxygen atoms in total. The fourth-order valence-corrected chi connectivity index (χ4v) is 5.14. The molecule has 0 atom stereocenters. The quantitative estimate of drug-likeness (QED) is 0.0787. The maximum atomic E-state index is 9.33. The molecular formula is C44H52EuO8+7. The number of hydrogen-bond donors (Lipinski definition) is 4. The van der Waals surface area contributed by atoms with Crippen LogP contribution in [0.5, 0.6) is 0 Å². The second-order valence-electron chi connectivity index (χ2n) is 11.6. The molecule has 4 aromatic carbocycles. The molecule has 9 heteroatoms. The first kappa shape index (κ1) is 48.3. The van der Waals surface area contributed by atoms with Crippen molar-refractivity contribution < 1.29 is 89.0 Å². The number of rotatable bonds is 8. The molecule has 0 aromatic heterocycles. The summed E-state index contributed by atoms with van der Waals surface area (Å²) in [4.78, 5) is 37.3. The van der Waals surface area contributed by atoms with Crippen molar-refractivity contribution in [3.8, 4) is 0 Å². The van der Waals surface area contributed by atoms with Crippen molar-refractivity contribution >= 4 is 45.4 Å². The van der Waals surface area contributed by atoms with Gasteiger partial charge in [0.2, 0.25) is 0 Å². The SMILES string of the molecule is CC(=[OH+])/C(=C(/C)O)c1ccccc1.CC(=[OH+])/C(=C(/C)O)c1ccccc1.CC(=[OH+])/C(=C(/C)O)c1ccccc1.CC(=[OH+])/C(=C(/C)O)c1ccccc1.[Eu+3]. The Kier molecular flexibility index (Phi) is 23.1. The molecule has 0 amide bonds. The molecule has 0 unspecified atom stereocenters. The summed E-state index contributed by atoms with van der Waals surface area (Å²) in [6, 6.07) is 37.2. The van der Waals surface area contributed by atoms with Gasteiger partial charge in [-0.05, 0) is 49.9 Å². The molecule has 4 rings (SSSR count). The zero-order chi connectivity index (χ0) is 39.4. The Balaban J connectivity index is 0.000000676. The molecule has 8 N–H and O–H groups in total. The van der Waals surface area contributed by atoms with Crippen LogP contribution in [0.3, 0.4) is 0 Å². The van der Waals surface area contributed by atoms with E-state index in [1.807, 2.05) is 121 Å². The first-order chi connectivity index (χ1) is 24.5. The fourth-order valence-electron chi connectivity index (χ4n) is 5.14. The Morgan fingerprint density at radius 1 is 0.302 bits per heavy atom. The molecule has 0 radical (unpaired) electrons. The molecule has 0 saturated heterocycles. The molecule has 0 saturated carbocycles. The van der Waals surface area contributed by atoms with Crippen molar-refractivity contribution in [2.24, 2.45) is 0 Å². The third-order valence-corrected chi connectivity index (χ3v) is 7.14. The predicted molar refractivity (Wildman–Crippen MR) is 217 cm³/mol. The van der Waals surface area contributed by atoms with E-state index in [-0.39, 0.29) is 95.5 Å². The van der Waals surface area contributed by atoms with Crippen molar-refractivity contribution in [1.29, 1.82) is 0 Å². The van der Waals surface area contributed by atoms with E-state index in [0.29, 0.717) is 22.3 Å². The van der Waals surface area contributed by atoms with Crippen LogP contribution >= 0.6 is 0 Å². The summed E-state index contributed by atoms with van der Waals surface area (Å²) < 4.78 is 0. The minimum atomic E-state index is 0. The van der Waals surface area contributed by atoms with Gasteiger partial charge in [-0.25, -0.2) is 0 Å². The van der Waals surface area contributed by atoms with E-state index in [1.165, 1.54) is 0 Å². The first-order valence-corrected chi connectivity index (χ1v) is 16.4. The maximum absolute atomic E-state index is 9.33. The van der Waals surface area contributed by atoms with Crippen LogP contribution in [0.15, 0.2) is 144 Å². The molecule has 0 fully saturated rings. The summed E-state index contributed by atoms with van der Waals surface area (Å²) in [5.74, 6) is 1.05. The molecule has 276 valence electrons. The Morgan fingerprint density at radius 2 is 0.434 bits per heavy atom. The smallest absolute Gasteiger partial charge is 0.512 e. The van der Waals surface area contributed by atoms with Gasteiger partial charge in [-0.1, -0.05) is 121 Å². The largest absolute Gasteiger partial charge is 3.00 e. The van der Waals surface area contributed by atoms with E-state index in [9.17, 15) is 39.6 Å². The van der Waals surface area contributed by atoms with E-state index in [0.717, 1.165) is 22.3 Å². The molecule has 0 aliphatic rings. The normalized spacial score (nSPS) is 11.9. The van der Waals surface area contributed by atoms with Crippen LogP contribution in [0, 0.1) is 49.4 Å². The minimum Gasteiger partial charge on any atom is -0.512 e. The van der Waals surface area contributed by atoms with Crippen molar-refractivity contribution in [2.75, 3.05) is 0 Å². The van der Waals surface area contributed by atoms with E-state index < -0.39 is 0 Å². The van der Waals surface area contributed by atoms with E-state index in [2.05, 4.69) is 0 Å². The first-order valence-electron chi connectivity index (χ1n) is 16.4. The number of allylic oxidation sites excluding steroid dienone is 8. The molecular weight excluding hydrogens is 808 g/mol. The number of aliphatic hydroxyl groups excluding tert-OH is 4. The maximum Gasteiger partial charge on any atom is 3.00 e. The van der Waals surface area contributed by atoms with Crippen molar-refractivity contribution in [3.63, 3.8) is 0 Å². The summed E-state index contributed by atoms with van der Waals surface area (Å²) in [5, 5.41) is 37.3. The van der Waals surface area contributed by atoms with Crippen molar-refractivity contribution in [2.45, 2.75) is 55.4 Å².